The normalized spacial score (nSPS) is 24.3. The van der Waals surface area contributed by atoms with E-state index in [4.69, 9.17) is 0 Å². The van der Waals surface area contributed by atoms with Crippen LogP contribution in [-0.2, 0) is 4.79 Å². The van der Waals surface area contributed by atoms with Gasteiger partial charge in [0.2, 0.25) is 5.91 Å². The highest BCUT2D eigenvalue weighted by atomic mass is 16.2. The van der Waals surface area contributed by atoms with Crippen LogP contribution < -0.4 is 5.32 Å². The molecular formula is C10H20N2O. The van der Waals surface area contributed by atoms with Gasteiger partial charge >= 0.3 is 0 Å². The molecule has 1 aliphatic heterocycles. The monoisotopic (exact) mass is 184 g/mol. The molecule has 1 atom stereocenters. The molecular weight excluding hydrogens is 164 g/mol. The third-order valence-electron chi connectivity index (χ3n) is 2.66. The standard InChI is InChI=1S/C10H20N2O/c1-3-11-10(13)8-12-7-5-4-6-9(12)2/h9H,3-8H2,1-2H3,(H,11,13). The number of hydrogen-bond donors (Lipinski definition) is 1. The first-order valence-electron chi connectivity index (χ1n) is 5.24. The van der Waals surface area contributed by atoms with Crippen molar-refractivity contribution in [2.75, 3.05) is 19.6 Å². The number of likely N-dealkylation sites (N-methyl/N-ethyl adjacent to an activating group) is 1. The number of carbonyl (C=O) groups excluding carboxylic acids is 1. The third-order valence-corrected chi connectivity index (χ3v) is 2.66. The maximum absolute atomic E-state index is 11.3. The van der Waals surface area contributed by atoms with E-state index in [0.29, 0.717) is 12.6 Å². The number of amides is 1. The van der Waals surface area contributed by atoms with E-state index in [2.05, 4.69) is 17.1 Å². The molecule has 1 amide bonds. The van der Waals surface area contributed by atoms with Gasteiger partial charge in [0.25, 0.3) is 0 Å². The summed E-state index contributed by atoms with van der Waals surface area (Å²) in [6, 6.07) is 0.580. The molecule has 0 saturated carbocycles. The highest BCUT2D eigenvalue weighted by Crippen LogP contribution is 2.15. The Morgan fingerprint density at radius 3 is 2.92 bits per heavy atom. The van der Waals surface area contributed by atoms with Gasteiger partial charge in [-0.3, -0.25) is 9.69 Å². The van der Waals surface area contributed by atoms with Crippen LogP contribution in [0, 0.1) is 0 Å². The molecule has 3 heteroatoms. The zero-order valence-corrected chi connectivity index (χ0v) is 8.68. The van der Waals surface area contributed by atoms with Crippen molar-refractivity contribution in [3.05, 3.63) is 0 Å². The maximum Gasteiger partial charge on any atom is 0.234 e. The van der Waals surface area contributed by atoms with Crippen molar-refractivity contribution >= 4 is 5.91 Å². The average Bonchev–Trinajstić information content (AvgIpc) is 2.09. The fourth-order valence-electron chi connectivity index (χ4n) is 1.83. The second-order valence-electron chi connectivity index (χ2n) is 3.77. The van der Waals surface area contributed by atoms with E-state index in [1.165, 1.54) is 19.3 Å². The molecule has 76 valence electrons. The second kappa shape index (κ2) is 5.22. The van der Waals surface area contributed by atoms with Gasteiger partial charge in [-0.05, 0) is 33.2 Å². The minimum absolute atomic E-state index is 0.163. The van der Waals surface area contributed by atoms with Gasteiger partial charge in [0.15, 0.2) is 0 Å². The Bertz CT molecular complexity index is 170. The van der Waals surface area contributed by atoms with E-state index >= 15 is 0 Å². The molecule has 1 saturated heterocycles. The number of piperidine rings is 1. The summed E-state index contributed by atoms with van der Waals surface area (Å²) in [5, 5.41) is 2.83. The first-order chi connectivity index (χ1) is 6.24. The molecule has 0 aromatic rings. The lowest BCUT2D eigenvalue weighted by atomic mass is 10.0. The molecule has 1 rings (SSSR count). The van der Waals surface area contributed by atoms with Crippen molar-refractivity contribution in [2.45, 2.75) is 39.2 Å². The van der Waals surface area contributed by atoms with E-state index in [1.54, 1.807) is 0 Å². The van der Waals surface area contributed by atoms with Crippen LogP contribution in [0.15, 0.2) is 0 Å². The summed E-state index contributed by atoms with van der Waals surface area (Å²) in [5.41, 5.74) is 0. The van der Waals surface area contributed by atoms with E-state index < -0.39 is 0 Å². The molecule has 0 aromatic carbocycles. The lowest BCUT2D eigenvalue weighted by molar-refractivity contribution is -0.122. The highest BCUT2D eigenvalue weighted by molar-refractivity contribution is 5.77. The van der Waals surface area contributed by atoms with Gasteiger partial charge < -0.3 is 5.32 Å². The number of nitrogens with one attached hydrogen (secondary N) is 1. The molecule has 1 fully saturated rings. The van der Waals surface area contributed by atoms with Crippen molar-refractivity contribution in [2.24, 2.45) is 0 Å². The minimum Gasteiger partial charge on any atom is -0.355 e. The smallest absolute Gasteiger partial charge is 0.234 e. The molecule has 3 nitrogen and oxygen atoms in total. The first-order valence-corrected chi connectivity index (χ1v) is 5.24. The highest BCUT2D eigenvalue weighted by Gasteiger charge is 2.19. The van der Waals surface area contributed by atoms with Crippen LogP contribution in [0.1, 0.15) is 33.1 Å². The number of nitrogens with zero attached hydrogens (tertiary/aromatic N) is 1. The minimum atomic E-state index is 0.163. The molecule has 1 heterocycles. The molecule has 0 spiro atoms. The van der Waals surface area contributed by atoms with Crippen LogP contribution >= 0.6 is 0 Å². The van der Waals surface area contributed by atoms with Gasteiger partial charge in [-0.25, -0.2) is 0 Å². The quantitative estimate of drug-likeness (QED) is 0.709. The van der Waals surface area contributed by atoms with Gasteiger partial charge in [0.1, 0.15) is 0 Å². The van der Waals surface area contributed by atoms with Crippen LogP contribution in [0.3, 0.4) is 0 Å². The summed E-state index contributed by atoms with van der Waals surface area (Å²) in [4.78, 5) is 13.6. The number of hydrogen-bond acceptors (Lipinski definition) is 2. The van der Waals surface area contributed by atoms with Gasteiger partial charge in [0.05, 0.1) is 6.54 Å². The molecule has 13 heavy (non-hydrogen) atoms. The summed E-state index contributed by atoms with van der Waals surface area (Å²) in [6.07, 6.45) is 3.79. The maximum atomic E-state index is 11.3. The van der Waals surface area contributed by atoms with Crippen molar-refractivity contribution in [1.29, 1.82) is 0 Å². The summed E-state index contributed by atoms with van der Waals surface area (Å²) in [7, 11) is 0. The summed E-state index contributed by atoms with van der Waals surface area (Å²) in [6.45, 7) is 6.56. The van der Waals surface area contributed by atoms with Crippen LogP contribution in [0.4, 0.5) is 0 Å². The second-order valence-corrected chi connectivity index (χ2v) is 3.77. The lowest BCUT2D eigenvalue weighted by Gasteiger charge is -2.32. The summed E-state index contributed by atoms with van der Waals surface area (Å²) < 4.78 is 0. The Kier molecular flexibility index (Phi) is 4.22. The van der Waals surface area contributed by atoms with Crippen LogP contribution in [-0.4, -0.2) is 36.5 Å². The molecule has 0 aromatic heterocycles. The van der Waals surface area contributed by atoms with Gasteiger partial charge in [-0.2, -0.15) is 0 Å². The topological polar surface area (TPSA) is 32.3 Å². The largest absolute Gasteiger partial charge is 0.355 e. The number of likely N-dealkylation sites (tertiary alicyclic amines) is 1. The van der Waals surface area contributed by atoms with E-state index in [-0.39, 0.29) is 5.91 Å². The van der Waals surface area contributed by atoms with E-state index in [1.807, 2.05) is 6.92 Å². The Morgan fingerprint density at radius 1 is 1.54 bits per heavy atom. The Labute approximate surface area is 80.5 Å². The Hall–Kier alpha value is -0.570. The zero-order chi connectivity index (χ0) is 9.68. The number of rotatable bonds is 3. The summed E-state index contributed by atoms with van der Waals surface area (Å²) >= 11 is 0. The fourth-order valence-corrected chi connectivity index (χ4v) is 1.83. The first kappa shape index (κ1) is 10.5. The van der Waals surface area contributed by atoms with Crippen molar-refractivity contribution in [3.8, 4) is 0 Å². The van der Waals surface area contributed by atoms with Crippen LogP contribution in [0.25, 0.3) is 0 Å². The predicted octanol–water partition coefficient (Wildman–Crippen LogP) is 0.997. The van der Waals surface area contributed by atoms with Crippen molar-refractivity contribution in [3.63, 3.8) is 0 Å². The van der Waals surface area contributed by atoms with Gasteiger partial charge in [-0.15, -0.1) is 0 Å². The average molecular weight is 184 g/mol. The number of carbonyl (C=O) groups is 1. The molecule has 0 bridgehead atoms. The molecule has 1 unspecified atom stereocenters. The van der Waals surface area contributed by atoms with Crippen molar-refractivity contribution in [1.82, 2.24) is 10.2 Å². The fraction of sp³-hybridized carbons (Fsp3) is 0.900. The molecule has 0 radical (unpaired) electrons. The zero-order valence-electron chi connectivity index (χ0n) is 8.68. The van der Waals surface area contributed by atoms with E-state index in [9.17, 15) is 4.79 Å². The summed E-state index contributed by atoms with van der Waals surface area (Å²) in [5.74, 6) is 0.163. The van der Waals surface area contributed by atoms with Crippen molar-refractivity contribution < 1.29 is 4.79 Å². The SMILES string of the molecule is CCNC(=O)CN1CCCCC1C. The third kappa shape index (κ3) is 3.35. The Balaban J connectivity index is 2.29. The molecule has 1 aliphatic rings. The van der Waals surface area contributed by atoms with Gasteiger partial charge in [-0.1, -0.05) is 6.42 Å². The van der Waals surface area contributed by atoms with Crippen LogP contribution in [0.2, 0.25) is 0 Å². The molecule has 0 aliphatic carbocycles. The lowest BCUT2D eigenvalue weighted by Crippen LogP contribution is -2.44. The predicted molar refractivity (Wildman–Crippen MR) is 53.6 cm³/mol. The van der Waals surface area contributed by atoms with E-state index in [0.717, 1.165) is 13.1 Å². The van der Waals surface area contributed by atoms with Crippen LogP contribution in [0.5, 0.6) is 0 Å². The molecule has 1 N–H and O–H groups in total. The van der Waals surface area contributed by atoms with Gasteiger partial charge in [0, 0.05) is 12.6 Å². The Morgan fingerprint density at radius 2 is 2.31 bits per heavy atom.